The van der Waals surface area contributed by atoms with E-state index in [4.69, 9.17) is 18.9 Å². The van der Waals surface area contributed by atoms with Crippen LogP contribution in [0.2, 0.25) is 0 Å². The quantitative estimate of drug-likeness (QED) is 0.178. The Hall–Kier alpha value is -1.10. The van der Waals surface area contributed by atoms with E-state index in [1.165, 1.54) is 6.92 Å². The van der Waals surface area contributed by atoms with Gasteiger partial charge in [-0.15, -0.1) is 0 Å². The van der Waals surface area contributed by atoms with Gasteiger partial charge < -0.3 is 34.3 Å². The smallest absolute Gasteiger partial charge is 0.303 e. The van der Waals surface area contributed by atoms with Crippen LogP contribution < -0.4 is 0 Å². The van der Waals surface area contributed by atoms with Gasteiger partial charge in [-0.3, -0.25) is 9.59 Å². The molecule has 0 amide bonds. The molecule has 5 rings (SSSR count). The fourth-order valence-corrected chi connectivity index (χ4v) is 12.6. The fourth-order valence-electron chi connectivity index (χ4n) is 12.6. The molecule has 9 nitrogen and oxygen atoms in total. The minimum absolute atomic E-state index is 0.00389. The molecule has 9 heteroatoms. The Kier molecular flexibility index (Phi) is 9.48. The molecule has 264 valence electrons. The van der Waals surface area contributed by atoms with Crippen molar-refractivity contribution in [3.63, 3.8) is 0 Å². The normalized spacial score (nSPS) is 47.8. The molecule has 0 spiro atoms. The van der Waals surface area contributed by atoms with Crippen LogP contribution in [0.25, 0.3) is 0 Å². The van der Waals surface area contributed by atoms with Crippen molar-refractivity contribution in [1.82, 2.24) is 0 Å². The summed E-state index contributed by atoms with van der Waals surface area (Å²) in [6.07, 6.45) is 3.63. The van der Waals surface area contributed by atoms with Crippen LogP contribution in [0.3, 0.4) is 0 Å². The molecule has 3 N–H and O–H groups in total. The van der Waals surface area contributed by atoms with E-state index in [0.717, 1.165) is 38.5 Å². The molecular formula is C37H62O9. The molecule has 4 saturated carbocycles. The van der Waals surface area contributed by atoms with E-state index >= 15 is 0 Å². The lowest BCUT2D eigenvalue weighted by Gasteiger charge is -2.72. The maximum absolute atomic E-state index is 12.5. The largest absolute Gasteiger partial charge is 0.457 e. The van der Waals surface area contributed by atoms with E-state index < -0.39 is 47.7 Å². The van der Waals surface area contributed by atoms with E-state index in [1.54, 1.807) is 13.8 Å². The van der Waals surface area contributed by atoms with Gasteiger partial charge in [0.15, 0.2) is 12.4 Å². The van der Waals surface area contributed by atoms with Gasteiger partial charge >= 0.3 is 5.97 Å². The zero-order chi connectivity index (χ0) is 34.3. The Morgan fingerprint density at radius 1 is 1.00 bits per heavy atom. The zero-order valence-corrected chi connectivity index (χ0v) is 30.0. The van der Waals surface area contributed by atoms with E-state index in [1.807, 2.05) is 0 Å². The van der Waals surface area contributed by atoms with Gasteiger partial charge in [-0.1, -0.05) is 48.5 Å². The number of aldehydes is 1. The highest BCUT2D eigenvalue weighted by molar-refractivity contribution is 5.66. The van der Waals surface area contributed by atoms with Gasteiger partial charge in [0.1, 0.15) is 0 Å². The molecule has 1 heterocycles. The van der Waals surface area contributed by atoms with Gasteiger partial charge in [0.2, 0.25) is 6.29 Å². The van der Waals surface area contributed by atoms with Crippen molar-refractivity contribution in [2.24, 2.45) is 50.7 Å². The minimum Gasteiger partial charge on any atom is -0.457 e. The first-order valence-electron chi connectivity index (χ1n) is 17.8. The number of esters is 1. The number of hydrogen-bond acceptors (Lipinski definition) is 9. The number of aliphatic hydroxyl groups is 3. The minimum atomic E-state index is -1.29. The van der Waals surface area contributed by atoms with Gasteiger partial charge in [-0.25, -0.2) is 0 Å². The van der Waals surface area contributed by atoms with Crippen molar-refractivity contribution in [2.75, 3.05) is 13.2 Å². The van der Waals surface area contributed by atoms with E-state index in [-0.39, 0.29) is 58.7 Å². The third kappa shape index (κ3) is 5.15. The van der Waals surface area contributed by atoms with Crippen LogP contribution in [0.4, 0.5) is 0 Å². The molecule has 4 aliphatic carbocycles. The molecule has 1 aliphatic heterocycles. The first-order valence-corrected chi connectivity index (χ1v) is 17.8. The maximum atomic E-state index is 12.5. The summed E-state index contributed by atoms with van der Waals surface area (Å²) in [5.74, 6) is 0.547. The standard InChI is InChI=1S/C37H62O9/c1-21-19-23(31(33(5,6)42)44-22(2)40)45-29-28(21)36(9)16-15-35(8)25(37(36,10)30(29)41)12-11-24-32(3,4)26(13-14-34(24,35)7)46-27(20-39)43-18-17-38/h20-21,23-31,38,41-42H,11-19H2,1-10H3/t21-,23-,24+,25-,26+,27+,28?,29+,30+,31+,34+,35-,36-,37-/m1/s1. The van der Waals surface area contributed by atoms with Gasteiger partial charge in [0.25, 0.3) is 0 Å². The lowest BCUT2D eigenvalue weighted by atomic mass is 9.32. The Balaban J connectivity index is 1.45. The van der Waals surface area contributed by atoms with Crippen molar-refractivity contribution >= 4 is 12.3 Å². The average Bonchev–Trinajstić information content (AvgIpc) is 3.14. The summed E-state index contributed by atoms with van der Waals surface area (Å²) < 4.78 is 24.2. The molecule has 0 radical (unpaired) electrons. The van der Waals surface area contributed by atoms with Crippen molar-refractivity contribution in [1.29, 1.82) is 0 Å². The van der Waals surface area contributed by atoms with E-state index in [0.29, 0.717) is 18.6 Å². The zero-order valence-electron chi connectivity index (χ0n) is 30.0. The monoisotopic (exact) mass is 650 g/mol. The van der Waals surface area contributed by atoms with Crippen LogP contribution in [-0.2, 0) is 28.5 Å². The Morgan fingerprint density at radius 3 is 2.20 bits per heavy atom. The average molecular weight is 651 g/mol. The Labute approximate surface area is 276 Å². The summed E-state index contributed by atoms with van der Waals surface area (Å²) in [5, 5.41) is 32.7. The Bertz CT molecular complexity index is 1150. The van der Waals surface area contributed by atoms with E-state index in [2.05, 4.69) is 48.5 Å². The highest BCUT2D eigenvalue weighted by Gasteiger charge is 2.77. The predicted molar refractivity (Wildman–Crippen MR) is 172 cm³/mol. The van der Waals surface area contributed by atoms with E-state index in [9.17, 15) is 24.9 Å². The summed E-state index contributed by atoms with van der Waals surface area (Å²) in [6.45, 7) is 21.1. The lowest BCUT2D eigenvalue weighted by molar-refractivity contribution is -0.273. The summed E-state index contributed by atoms with van der Waals surface area (Å²) in [5.41, 5.74) is -2.06. The molecule has 0 aromatic rings. The van der Waals surface area contributed by atoms with Crippen molar-refractivity contribution in [2.45, 2.75) is 157 Å². The van der Waals surface area contributed by atoms with Crippen molar-refractivity contribution in [3.05, 3.63) is 0 Å². The van der Waals surface area contributed by atoms with Crippen LogP contribution in [0, 0.1) is 50.7 Å². The first kappa shape index (κ1) is 36.2. The molecule has 1 saturated heterocycles. The van der Waals surface area contributed by atoms with Crippen molar-refractivity contribution < 1.29 is 43.9 Å². The SMILES string of the molecule is CC(=O)O[C@@H]([C@H]1C[C@@H](C)C2[C@H](O1)[C@H](O)[C@@]1(C)[C@@H]3CC[C@H]4C(C)(C)[C@@H](O[C@@H](C=O)OCCO)CC[C@]4(C)[C@]3(C)CC[C@]21C)C(C)(C)O. The second kappa shape index (κ2) is 12.0. The second-order valence-corrected chi connectivity index (χ2v) is 17.8. The molecule has 0 bridgehead atoms. The van der Waals surface area contributed by atoms with Gasteiger partial charge in [-0.05, 0) is 104 Å². The third-order valence-corrected chi connectivity index (χ3v) is 15.0. The Morgan fingerprint density at radius 2 is 1.61 bits per heavy atom. The fraction of sp³-hybridized carbons (Fsp3) is 0.946. The highest BCUT2D eigenvalue weighted by atomic mass is 16.7. The van der Waals surface area contributed by atoms with Crippen molar-refractivity contribution in [3.8, 4) is 0 Å². The van der Waals surface area contributed by atoms with Crippen LogP contribution in [0.5, 0.6) is 0 Å². The number of fused-ring (bicyclic) bond motifs is 7. The molecule has 5 aliphatic rings. The lowest BCUT2D eigenvalue weighted by Crippen LogP contribution is -2.67. The van der Waals surface area contributed by atoms with Crippen LogP contribution in [-0.4, -0.2) is 83.2 Å². The van der Waals surface area contributed by atoms with Gasteiger partial charge in [-0.2, -0.15) is 0 Å². The summed E-state index contributed by atoms with van der Waals surface area (Å²) in [4.78, 5) is 23.8. The van der Waals surface area contributed by atoms with Crippen LogP contribution in [0.1, 0.15) is 114 Å². The first-order chi connectivity index (χ1) is 21.2. The molecule has 0 aromatic carbocycles. The number of ether oxygens (including phenoxy) is 4. The summed E-state index contributed by atoms with van der Waals surface area (Å²) >= 11 is 0. The number of aliphatic hydroxyl groups excluding tert-OH is 2. The number of rotatable bonds is 9. The molecule has 5 fully saturated rings. The summed E-state index contributed by atoms with van der Waals surface area (Å²) in [7, 11) is 0. The highest BCUT2D eigenvalue weighted by Crippen LogP contribution is 2.79. The van der Waals surface area contributed by atoms with Crippen LogP contribution in [0.15, 0.2) is 0 Å². The third-order valence-electron chi connectivity index (χ3n) is 15.0. The molecule has 46 heavy (non-hydrogen) atoms. The molecule has 0 aromatic heterocycles. The van der Waals surface area contributed by atoms with Gasteiger partial charge in [0.05, 0.1) is 43.2 Å². The van der Waals surface area contributed by atoms with Crippen LogP contribution >= 0.6 is 0 Å². The molecule has 1 unspecified atom stereocenters. The second-order valence-electron chi connectivity index (χ2n) is 17.8. The maximum Gasteiger partial charge on any atom is 0.303 e. The number of carbonyl (C=O) groups is 2. The topological polar surface area (TPSA) is 132 Å². The summed E-state index contributed by atoms with van der Waals surface area (Å²) in [6, 6.07) is 0. The predicted octanol–water partition coefficient (Wildman–Crippen LogP) is 5.06. The number of hydrogen-bond donors (Lipinski definition) is 3. The number of carbonyl (C=O) groups excluding carboxylic acids is 2. The molecule has 14 atom stereocenters. The molecular weight excluding hydrogens is 588 g/mol. The van der Waals surface area contributed by atoms with Gasteiger partial charge in [0, 0.05) is 12.3 Å².